The molecule has 16 heteroatoms. The predicted octanol–water partition coefficient (Wildman–Crippen LogP) is 6.94. The topological polar surface area (TPSA) is 115 Å². The molecule has 0 amide bonds. The molecule has 0 spiro atoms. The molecule has 0 fully saturated rings. The minimum atomic E-state index is -6.15. The van der Waals surface area contributed by atoms with Gasteiger partial charge in [0.05, 0.1) is 0 Å². The van der Waals surface area contributed by atoms with Gasteiger partial charge in [-0.25, -0.2) is 16.8 Å². The third-order valence-corrected chi connectivity index (χ3v) is 9.37. The van der Waals surface area contributed by atoms with E-state index in [0.717, 1.165) is 0 Å². The smallest absolute Gasteiger partial charge is 0.398 e. The normalized spacial score (nSPS) is 13.6. The molecule has 0 radical (unpaired) electrons. The quantitative estimate of drug-likeness (QED) is 0.220. The van der Waals surface area contributed by atoms with Gasteiger partial charge in [-0.15, -0.1) is 0 Å². The molecule has 0 unspecified atom stereocenters. The van der Waals surface area contributed by atoms with Gasteiger partial charge >= 0.3 is 19.3 Å². The van der Waals surface area contributed by atoms with Crippen LogP contribution in [0.3, 0.4) is 0 Å². The van der Waals surface area contributed by atoms with E-state index >= 15 is 0 Å². The molecule has 0 aliphatic rings. The summed E-state index contributed by atoms with van der Waals surface area (Å²) in [6.07, 6.45) is 0. The Balaban J connectivity index is 2.24. The van der Waals surface area contributed by atoms with Crippen molar-refractivity contribution in [2.24, 2.45) is 0 Å². The zero-order chi connectivity index (χ0) is 27.8. The SMILES string of the molecule is O=S(=O)(c1cc2ccccc2c2c1op(O)oc1c(S(=O)(=O)C(F)(F)F)cc3ccccc3c12)C(F)(F)F. The standard InChI is InChI=1S/C22H11F6O7PS2/c23-21(24,25)37(30,31)15-9-11-5-1-3-7-13(11)17-18-14-8-4-2-6-12(14)10-16(38(32,33)22(26,27)28)20(18)35-36(29)34-19(15)17/h1-10,29H. The molecule has 200 valence electrons. The molecule has 5 aromatic rings. The lowest BCUT2D eigenvalue weighted by Gasteiger charge is -2.13. The maximum Gasteiger partial charge on any atom is 0.502 e. The molecular formula is C22H11F6O7PS2. The van der Waals surface area contributed by atoms with Crippen molar-refractivity contribution < 1.29 is 56.5 Å². The van der Waals surface area contributed by atoms with Gasteiger partial charge in [0.2, 0.25) is 0 Å². The van der Waals surface area contributed by atoms with Gasteiger partial charge in [-0.3, -0.25) is 4.89 Å². The van der Waals surface area contributed by atoms with E-state index in [9.17, 15) is 48.1 Å². The Morgan fingerprint density at radius 1 is 0.632 bits per heavy atom. The highest BCUT2D eigenvalue weighted by atomic mass is 32.2. The molecule has 0 bridgehead atoms. The zero-order valence-electron chi connectivity index (χ0n) is 18.2. The first-order valence-corrected chi connectivity index (χ1v) is 14.2. The molecule has 0 saturated heterocycles. The van der Waals surface area contributed by atoms with E-state index in [2.05, 4.69) is 0 Å². The van der Waals surface area contributed by atoms with Crippen LogP contribution in [0.1, 0.15) is 0 Å². The first-order chi connectivity index (χ1) is 17.6. The Morgan fingerprint density at radius 3 is 1.32 bits per heavy atom. The van der Waals surface area contributed by atoms with Crippen LogP contribution in [0.2, 0.25) is 0 Å². The van der Waals surface area contributed by atoms with E-state index in [1.165, 1.54) is 48.5 Å². The van der Waals surface area contributed by atoms with E-state index in [1.54, 1.807) is 0 Å². The Hall–Kier alpha value is -3.26. The average Bonchev–Trinajstić information content (AvgIpc) is 2.97. The maximum absolute atomic E-state index is 13.7. The van der Waals surface area contributed by atoms with Crippen LogP contribution in [-0.2, 0) is 19.7 Å². The second-order valence-electron chi connectivity index (χ2n) is 7.92. The number of benzene rings is 4. The van der Waals surface area contributed by atoms with E-state index in [0.29, 0.717) is 12.1 Å². The number of hydrogen-bond donors (Lipinski definition) is 1. The fourth-order valence-electron chi connectivity index (χ4n) is 4.11. The molecule has 0 saturated carbocycles. The summed E-state index contributed by atoms with van der Waals surface area (Å²) in [5.41, 5.74) is -13.8. The van der Waals surface area contributed by atoms with E-state index < -0.39 is 70.7 Å². The van der Waals surface area contributed by atoms with Crippen LogP contribution in [0.15, 0.2) is 78.8 Å². The highest BCUT2D eigenvalue weighted by Crippen LogP contribution is 2.47. The zero-order valence-corrected chi connectivity index (χ0v) is 20.7. The summed E-state index contributed by atoms with van der Waals surface area (Å²) in [5.74, 6) is 0. The van der Waals surface area contributed by atoms with Crippen molar-refractivity contribution in [2.75, 3.05) is 0 Å². The summed E-state index contributed by atoms with van der Waals surface area (Å²) in [5, 5.41) is -1.22. The number of alkyl halides is 6. The van der Waals surface area contributed by atoms with E-state index in [1.807, 2.05) is 0 Å². The Morgan fingerprint density at radius 2 is 0.974 bits per heavy atom. The third-order valence-electron chi connectivity index (χ3n) is 5.71. The fourth-order valence-corrected chi connectivity index (χ4v) is 6.80. The summed E-state index contributed by atoms with van der Waals surface area (Å²) < 4.78 is 142. The Kier molecular flexibility index (Phi) is 5.80. The van der Waals surface area contributed by atoms with E-state index in [4.69, 9.17) is 8.39 Å². The van der Waals surface area contributed by atoms with Crippen LogP contribution >= 0.6 is 8.24 Å². The number of fused-ring (bicyclic) bond motifs is 7. The average molecular weight is 596 g/mol. The van der Waals surface area contributed by atoms with Gasteiger partial charge in [0.25, 0.3) is 19.7 Å². The second kappa shape index (κ2) is 8.37. The third kappa shape index (κ3) is 3.83. The largest absolute Gasteiger partial charge is 0.502 e. The number of hydrogen-bond acceptors (Lipinski definition) is 7. The molecule has 38 heavy (non-hydrogen) atoms. The highest BCUT2D eigenvalue weighted by Gasteiger charge is 2.50. The van der Waals surface area contributed by atoms with Crippen LogP contribution < -0.4 is 0 Å². The van der Waals surface area contributed by atoms with Gasteiger partial charge in [0, 0.05) is 10.8 Å². The minimum Gasteiger partial charge on any atom is -0.398 e. The summed E-state index contributed by atoms with van der Waals surface area (Å²) in [7, 11) is -15.8. The van der Waals surface area contributed by atoms with E-state index in [-0.39, 0.29) is 21.5 Å². The lowest BCUT2D eigenvalue weighted by Crippen LogP contribution is -2.23. The molecular weight excluding hydrogens is 585 g/mol. The van der Waals surface area contributed by atoms with Gasteiger partial charge in [0.15, 0.2) is 11.2 Å². The Bertz CT molecular complexity index is 1900. The van der Waals surface area contributed by atoms with Crippen LogP contribution in [0, 0.1) is 0 Å². The number of halogens is 6. The van der Waals surface area contributed by atoms with Crippen molar-refractivity contribution in [1.29, 1.82) is 0 Å². The second-order valence-corrected chi connectivity index (χ2v) is 12.6. The van der Waals surface area contributed by atoms with Gasteiger partial charge < -0.3 is 8.39 Å². The maximum atomic E-state index is 13.7. The van der Waals surface area contributed by atoms with Crippen LogP contribution in [-0.4, -0.2) is 32.7 Å². The molecule has 7 nitrogen and oxygen atoms in total. The van der Waals surface area contributed by atoms with Crippen molar-refractivity contribution in [3.8, 4) is 0 Å². The van der Waals surface area contributed by atoms with Crippen molar-refractivity contribution in [3.05, 3.63) is 60.7 Å². The molecule has 1 N–H and O–H groups in total. The van der Waals surface area contributed by atoms with Crippen molar-refractivity contribution >= 4 is 71.4 Å². The number of sulfone groups is 2. The van der Waals surface area contributed by atoms with Crippen molar-refractivity contribution in [3.63, 3.8) is 0 Å². The first kappa shape index (κ1) is 26.4. The fraction of sp³-hybridized carbons (Fsp3) is 0.0909. The van der Waals surface area contributed by atoms with Gasteiger partial charge in [0.1, 0.15) is 9.79 Å². The van der Waals surface area contributed by atoms with Crippen molar-refractivity contribution in [1.82, 2.24) is 0 Å². The summed E-state index contributed by atoms with van der Waals surface area (Å²) in [6.45, 7) is 0. The predicted molar refractivity (Wildman–Crippen MR) is 125 cm³/mol. The van der Waals surface area contributed by atoms with Gasteiger partial charge in [-0.2, -0.15) is 26.3 Å². The summed E-state index contributed by atoms with van der Waals surface area (Å²) in [4.78, 5) is 7.50. The van der Waals surface area contributed by atoms with Crippen LogP contribution in [0.4, 0.5) is 26.3 Å². The molecule has 1 heterocycles. The summed E-state index contributed by atoms with van der Waals surface area (Å²) >= 11 is 0. The highest BCUT2D eigenvalue weighted by molar-refractivity contribution is 7.92. The number of rotatable bonds is 2. The molecule has 0 aliphatic heterocycles. The lowest BCUT2D eigenvalue weighted by atomic mass is 9.98. The molecule has 1 aromatic heterocycles. The Labute approximate surface area is 209 Å². The van der Waals surface area contributed by atoms with Crippen LogP contribution in [0.25, 0.3) is 43.5 Å². The molecule has 4 aromatic carbocycles. The molecule has 5 rings (SSSR count). The molecule has 0 aliphatic carbocycles. The minimum absolute atomic E-state index is 0.00881. The van der Waals surface area contributed by atoms with Gasteiger partial charge in [-0.05, 0) is 33.7 Å². The molecule has 0 atom stereocenters. The van der Waals surface area contributed by atoms with Gasteiger partial charge in [-0.1, -0.05) is 48.5 Å². The van der Waals surface area contributed by atoms with Crippen molar-refractivity contribution in [2.45, 2.75) is 20.8 Å². The first-order valence-electron chi connectivity index (χ1n) is 10.1. The summed E-state index contributed by atoms with van der Waals surface area (Å²) in [6, 6.07) is 12.0. The monoisotopic (exact) mass is 596 g/mol. The van der Waals surface area contributed by atoms with Crippen LogP contribution in [0.5, 0.6) is 0 Å². The lowest BCUT2D eigenvalue weighted by molar-refractivity contribution is -0.0441.